The third-order valence-corrected chi connectivity index (χ3v) is 7.02. The van der Waals surface area contributed by atoms with E-state index < -0.39 is 0 Å². The number of benzene rings is 2. The van der Waals surface area contributed by atoms with E-state index in [0.717, 1.165) is 11.3 Å². The minimum Gasteiger partial charge on any atom is -0.489 e. The maximum Gasteiger partial charge on any atom is 0.308 e. The molecule has 4 rings (SSSR count). The van der Waals surface area contributed by atoms with Gasteiger partial charge in [0.1, 0.15) is 12.4 Å². The van der Waals surface area contributed by atoms with Crippen molar-refractivity contribution >= 4 is 5.97 Å². The number of rotatable bonds is 7. The lowest BCUT2D eigenvalue weighted by Crippen LogP contribution is -2.33. The molecule has 0 bridgehead atoms. The molecule has 3 aromatic rings. The molecule has 1 aliphatic rings. The Morgan fingerprint density at radius 1 is 1.03 bits per heavy atom. The first-order chi connectivity index (χ1) is 15.7. The van der Waals surface area contributed by atoms with Crippen molar-refractivity contribution in [2.75, 3.05) is 7.11 Å². The highest BCUT2D eigenvalue weighted by molar-refractivity contribution is 5.70. The predicted octanol–water partition coefficient (Wildman–Crippen LogP) is 5.96. The lowest BCUT2D eigenvalue weighted by Gasteiger charge is -2.42. The Bertz CT molecular complexity index is 1100. The van der Waals surface area contributed by atoms with Gasteiger partial charge in [-0.25, -0.2) is 0 Å². The maximum absolute atomic E-state index is 11.9. The summed E-state index contributed by atoms with van der Waals surface area (Å²) < 4.78 is 12.8. The normalized spacial score (nSPS) is 17.1. The molecule has 174 valence electrons. The van der Waals surface area contributed by atoms with Crippen molar-refractivity contribution in [1.82, 2.24) is 9.78 Å². The highest BCUT2D eigenvalue weighted by Gasteiger charge is 2.36. The Labute approximate surface area is 196 Å². The Morgan fingerprint density at radius 2 is 1.73 bits per heavy atom. The molecule has 0 N–H and O–H groups in total. The van der Waals surface area contributed by atoms with Gasteiger partial charge >= 0.3 is 5.97 Å². The third kappa shape index (κ3) is 4.97. The predicted molar refractivity (Wildman–Crippen MR) is 130 cm³/mol. The zero-order chi connectivity index (χ0) is 23.6. The second kappa shape index (κ2) is 9.05. The van der Waals surface area contributed by atoms with Gasteiger partial charge in [-0.1, -0.05) is 58.0 Å². The van der Waals surface area contributed by atoms with Crippen LogP contribution in [0.2, 0.25) is 0 Å². The van der Waals surface area contributed by atoms with Crippen LogP contribution in [0.1, 0.15) is 75.3 Å². The molecule has 0 saturated carbocycles. The van der Waals surface area contributed by atoms with Gasteiger partial charge in [0.05, 0.1) is 19.6 Å². The molecule has 1 aromatic heterocycles. The SMILES string of the molecule is COC(=O)C[C@H](c1ccc(OCc2ccc3c(c2)C(C)(C)CCC3(C)C)cc1)n1cccn1. The minimum atomic E-state index is -0.269. The molecular weight excluding hydrogens is 412 g/mol. The number of aromatic nitrogens is 2. The molecule has 0 radical (unpaired) electrons. The van der Waals surface area contributed by atoms with Gasteiger partial charge in [0.15, 0.2) is 0 Å². The van der Waals surface area contributed by atoms with E-state index in [0.29, 0.717) is 6.61 Å². The highest BCUT2D eigenvalue weighted by atomic mass is 16.5. The number of esters is 1. The number of fused-ring (bicyclic) bond motifs is 1. The quantitative estimate of drug-likeness (QED) is 0.420. The number of methoxy groups -OCH3 is 1. The number of carbonyl (C=O) groups excluding carboxylic acids is 1. The van der Waals surface area contributed by atoms with Crippen LogP contribution in [0.3, 0.4) is 0 Å². The van der Waals surface area contributed by atoms with E-state index in [2.05, 4.69) is 51.0 Å². The van der Waals surface area contributed by atoms with Crippen LogP contribution < -0.4 is 4.74 Å². The van der Waals surface area contributed by atoms with Gasteiger partial charge in [0, 0.05) is 12.4 Å². The van der Waals surface area contributed by atoms with Crippen LogP contribution in [-0.4, -0.2) is 22.9 Å². The van der Waals surface area contributed by atoms with E-state index in [1.807, 2.05) is 36.5 Å². The fourth-order valence-corrected chi connectivity index (χ4v) is 4.75. The monoisotopic (exact) mass is 446 g/mol. The van der Waals surface area contributed by atoms with E-state index in [9.17, 15) is 4.79 Å². The third-order valence-electron chi connectivity index (χ3n) is 7.02. The number of hydrogen-bond acceptors (Lipinski definition) is 4. The summed E-state index contributed by atoms with van der Waals surface area (Å²) in [5, 5.41) is 4.31. The molecule has 0 amide bonds. The number of carbonyl (C=O) groups is 1. The Hall–Kier alpha value is -3.08. The topological polar surface area (TPSA) is 53.4 Å². The average Bonchev–Trinajstić information content (AvgIpc) is 3.34. The zero-order valence-electron chi connectivity index (χ0n) is 20.3. The molecule has 33 heavy (non-hydrogen) atoms. The molecule has 1 heterocycles. The Morgan fingerprint density at radius 3 is 2.36 bits per heavy atom. The van der Waals surface area contributed by atoms with Crippen LogP contribution in [0.25, 0.3) is 0 Å². The summed E-state index contributed by atoms with van der Waals surface area (Å²) in [5.41, 5.74) is 5.47. The molecule has 5 heteroatoms. The Balaban J connectivity index is 1.48. The van der Waals surface area contributed by atoms with Gasteiger partial charge in [-0.05, 0) is 64.1 Å². The Kier molecular flexibility index (Phi) is 6.33. The van der Waals surface area contributed by atoms with Gasteiger partial charge in [-0.3, -0.25) is 9.48 Å². The molecule has 0 aliphatic heterocycles. The van der Waals surface area contributed by atoms with Gasteiger partial charge < -0.3 is 9.47 Å². The molecular formula is C28H34N2O3. The van der Waals surface area contributed by atoms with Crippen molar-refractivity contribution in [1.29, 1.82) is 0 Å². The zero-order valence-corrected chi connectivity index (χ0v) is 20.3. The van der Waals surface area contributed by atoms with E-state index in [-0.39, 0.29) is 29.3 Å². The molecule has 2 aromatic carbocycles. The second-order valence-corrected chi connectivity index (χ2v) is 10.3. The number of ether oxygens (including phenoxy) is 2. The van der Waals surface area contributed by atoms with Crippen LogP contribution in [0.5, 0.6) is 5.75 Å². The maximum atomic E-state index is 11.9. The number of hydrogen-bond donors (Lipinski definition) is 0. The van der Waals surface area contributed by atoms with Gasteiger partial charge in [0.2, 0.25) is 0 Å². The molecule has 5 nitrogen and oxygen atoms in total. The van der Waals surface area contributed by atoms with Gasteiger partial charge in [0.25, 0.3) is 0 Å². The minimum absolute atomic E-state index is 0.184. The molecule has 0 unspecified atom stereocenters. The largest absolute Gasteiger partial charge is 0.489 e. The summed E-state index contributed by atoms with van der Waals surface area (Å²) in [6, 6.07) is 16.3. The van der Waals surface area contributed by atoms with Crippen LogP contribution in [0.15, 0.2) is 60.9 Å². The van der Waals surface area contributed by atoms with Crippen molar-refractivity contribution in [2.45, 2.75) is 70.4 Å². The van der Waals surface area contributed by atoms with Gasteiger partial charge in [-0.2, -0.15) is 5.10 Å². The first kappa shape index (κ1) is 23.1. The second-order valence-electron chi connectivity index (χ2n) is 10.3. The summed E-state index contributed by atoms with van der Waals surface area (Å²) in [5.74, 6) is 0.530. The highest BCUT2D eigenvalue weighted by Crippen LogP contribution is 2.46. The van der Waals surface area contributed by atoms with Crippen LogP contribution >= 0.6 is 0 Å². The van der Waals surface area contributed by atoms with Crippen molar-refractivity contribution in [3.63, 3.8) is 0 Å². The molecule has 0 saturated heterocycles. The smallest absolute Gasteiger partial charge is 0.308 e. The van der Waals surface area contributed by atoms with Crippen LogP contribution in [0.4, 0.5) is 0 Å². The van der Waals surface area contributed by atoms with Crippen LogP contribution in [-0.2, 0) is 27.0 Å². The summed E-state index contributed by atoms with van der Waals surface area (Å²) in [6.45, 7) is 9.89. The lowest BCUT2D eigenvalue weighted by molar-refractivity contribution is -0.141. The summed E-state index contributed by atoms with van der Waals surface area (Å²) in [6.07, 6.45) is 6.20. The fourth-order valence-electron chi connectivity index (χ4n) is 4.75. The van der Waals surface area contributed by atoms with E-state index in [1.54, 1.807) is 10.9 Å². The molecule has 1 atom stereocenters. The first-order valence-corrected chi connectivity index (χ1v) is 11.6. The van der Waals surface area contributed by atoms with Crippen molar-refractivity contribution in [3.8, 4) is 5.75 Å². The summed E-state index contributed by atoms with van der Waals surface area (Å²) in [4.78, 5) is 11.9. The fraction of sp³-hybridized carbons (Fsp3) is 0.429. The van der Waals surface area contributed by atoms with Crippen molar-refractivity contribution < 1.29 is 14.3 Å². The first-order valence-electron chi connectivity index (χ1n) is 11.6. The molecule has 0 spiro atoms. The average molecular weight is 447 g/mol. The van der Waals surface area contributed by atoms with E-state index in [1.165, 1.54) is 36.6 Å². The van der Waals surface area contributed by atoms with E-state index >= 15 is 0 Å². The molecule has 1 aliphatic carbocycles. The standard InChI is InChI=1S/C28H34N2O3/c1-27(2)13-14-28(3,4)24-17-20(7-12-23(24)27)19-33-22-10-8-21(9-11-22)25(18-26(31)32-5)30-16-6-15-29-30/h6-12,15-17,25H,13-14,18-19H2,1-5H3/t25-/m1/s1. The van der Waals surface area contributed by atoms with Crippen molar-refractivity contribution in [2.24, 2.45) is 0 Å². The number of nitrogens with zero attached hydrogens (tertiary/aromatic N) is 2. The van der Waals surface area contributed by atoms with E-state index in [4.69, 9.17) is 9.47 Å². The summed E-state index contributed by atoms with van der Waals surface area (Å²) in [7, 11) is 1.40. The van der Waals surface area contributed by atoms with Crippen LogP contribution in [0, 0.1) is 0 Å². The molecule has 0 fully saturated rings. The summed E-state index contributed by atoms with van der Waals surface area (Å²) >= 11 is 0. The lowest BCUT2D eigenvalue weighted by atomic mass is 9.63. The van der Waals surface area contributed by atoms with Crippen molar-refractivity contribution in [3.05, 3.63) is 83.2 Å². The van der Waals surface area contributed by atoms with Gasteiger partial charge in [-0.15, -0.1) is 0 Å².